The Balaban J connectivity index is 2.62. The van der Waals surface area contributed by atoms with Crippen molar-refractivity contribution < 1.29 is 0 Å². The van der Waals surface area contributed by atoms with Crippen LogP contribution < -0.4 is 5.73 Å². The lowest BCUT2D eigenvalue weighted by molar-refractivity contribution is 0.741. The predicted molar refractivity (Wildman–Crippen MR) is 65.1 cm³/mol. The van der Waals surface area contributed by atoms with E-state index in [9.17, 15) is 0 Å². The second-order valence-corrected chi connectivity index (χ2v) is 4.44. The Hall–Kier alpha value is -1.28. The maximum atomic E-state index is 5.85. The van der Waals surface area contributed by atoms with Crippen LogP contribution in [-0.2, 0) is 6.42 Å². The molecule has 0 bridgehead atoms. The maximum Gasteiger partial charge on any atom is 0.0489 e. The number of fused-ring (bicyclic) bond motifs is 1. The first kappa shape index (κ1) is 10.2. The Bertz CT molecular complexity index is 480. The third-order valence-corrected chi connectivity index (χ3v) is 2.88. The molecule has 3 N–H and O–H groups in total. The fourth-order valence-electron chi connectivity index (χ4n) is 2.15. The van der Waals surface area contributed by atoms with E-state index >= 15 is 0 Å². The monoisotopic (exact) mass is 202 g/mol. The summed E-state index contributed by atoms with van der Waals surface area (Å²) in [7, 11) is 0. The van der Waals surface area contributed by atoms with Crippen LogP contribution >= 0.6 is 0 Å². The third-order valence-electron chi connectivity index (χ3n) is 2.88. The molecule has 0 aliphatic heterocycles. The van der Waals surface area contributed by atoms with Crippen molar-refractivity contribution in [2.75, 3.05) is 0 Å². The van der Waals surface area contributed by atoms with E-state index in [1.807, 2.05) is 6.92 Å². The van der Waals surface area contributed by atoms with Crippen LogP contribution in [0.2, 0.25) is 0 Å². The minimum absolute atomic E-state index is 0.212. The average molecular weight is 202 g/mol. The van der Waals surface area contributed by atoms with E-state index in [4.69, 9.17) is 5.73 Å². The molecule has 0 aliphatic rings. The summed E-state index contributed by atoms with van der Waals surface area (Å²) in [4.78, 5) is 3.35. The standard InChI is InChI=1S/C13H18N2/c1-8-4-5-9(2)13-12(8)11(7-15-13)6-10(3)14/h4-5,7,10,15H,6,14H2,1-3H3. The second kappa shape index (κ2) is 3.70. The Labute approximate surface area is 90.5 Å². The van der Waals surface area contributed by atoms with Crippen LogP contribution in [0.25, 0.3) is 10.9 Å². The van der Waals surface area contributed by atoms with E-state index in [-0.39, 0.29) is 6.04 Å². The molecule has 1 aromatic carbocycles. The molecule has 2 nitrogen and oxygen atoms in total. The first-order valence-corrected chi connectivity index (χ1v) is 5.41. The van der Waals surface area contributed by atoms with Gasteiger partial charge in [0.05, 0.1) is 0 Å². The number of aromatic nitrogens is 1. The van der Waals surface area contributed by atoms with Gasteiger partial charge in [0.15, 0.2) is 0 Å². The molecule has 2 rings (SSSR count). The van der Waals surface area contributed by atoms with Crippen LogP contribution in [0.5, 0.6) is 0 Å². The van der Waals surface area contributed by atoms with Gasteiger partial charge in [0.1, 0.15) is 0 Å². The topological polar surface area (TPSA) is 41.8 Å². The molecular formula is C13H18N2. The van der Waals surface area contributed by atoms with Crippen molar-refractivity contribution in [3.05, 3.63) is 35.0 Å². The predicted octanol–water partition coefficient (Wildman–Crippen LogP) is 2.67. The van der Waals surface area contributed by atoms with Crippen molar-refractivity contribution in [2.45, 2.75) is 33.2 Å². The van der Waals surface area contributed by atoms with Gasteiger partial charge >= 0.3 is 0 Å². The van der Waals surface area contributed by atoms with Gasteiger partial charge in [0, 0.05) is 23.1 Å². The molecule has 1 heterocycles. The zero-order valence-corrected chi connectivity index (χ0v) is 9.59. The van der Waals surface area contributed by atoms with Crippen molar-refractivity contribution in [3.63, 3.8) is 0 Å². The van der Waals surface area contributed by atoms with E-state index in [1.54, 1.807) is 0 Å². The summed E-state index contributed by atoms with van der Waals surface area (Å²) in [5.74, 6) is 0. The summed E-state index contributed by atoms with van der Waals surface area (Å²) in [6.45, 7) is 6.33. The first-order chi connectivity index (χ1) is 7.09. The minimum atomic E-state index is 0.212. The lowest BCUT2D eigenvalue weighted by Crippen LogP contribution is -2.17. The molecule has 80 valence electrons. The number of rotatable bonds is 2. The number of aromatic amines is 1. The molecule has 0 amide bonds. The highest BCUT2D eigenvalue weighted by Crippen LogP contribution is 2.25. The van der Waals surface area contributed by atoms with Crippen LogP contribution in [0.15, 0.2) is 18.3 Å². The van der Waals surface area contributed by atoms with Crippen LogP contribution in [0, 0.1) is 13.8 Å². The second-order valence-electron chi connectivity index (χ2n) is 4.44. The summed E-state index contributed by atoms with van der Waals surface area (Å²) >= 11 is 0. The first-order valence-electron chi connectivity index (χ1n) is 5.41. The van der Waals surface area contributed by atoms with Gasteiger partial charge in [-0.3, -0.25) is 0 Å². The number of H-pyrrole nitrogens is 1. The Kier molecular flexibility index (Phi) is 2.53. The Morgan fingerprint density at radius 2 is 1.93 bits per heavy atom. The fourth-order valence-corrected chi connectivity index (χ4v) is 2.15. The number of nitrogens with two attached hydrogens (primary N) is 1. The lowest BCUT2D eigenvalue weighted by Gasteiger charge is -2.06. The molecule has 0 aliphatic carbocycles. The van der Waals surface area contributed by atoms with Crippen LogP contribution in [0.4, 0.5) is 0 Å². The Morgan fingerprint density at radius 1 is 1.27 bits per heavy atom. The van der Waals surface area contributed by atoms with E-state index in [2.05, 4.69) is 37.2 Å². The van der Waals surface area contributed by atoms with Gasteiger partial charge in [0.25, 0.3) is 0 Å². The molecule has 0 fully saturated rings. The van der Waals surface area contributed by atoms with Gasteiger partial charge in [-0.15, -0.1) is 0 Å². The molecule has 2 aromatic rings. The SMILES string of the molecule is Cc1ccc(C)c2c(CC(C)N)c[nH]c12. The van der Waals surface area contributed by atoms with Crippen molar-refractivity contribution in [1.82, 2.24) is 4.98 Å². The number of hydrogen-bond donors (Lipinski definition) is 2. The third kappa shape index (κ3) is 1.77. The Morgan fingerprint density at radius 3 is 2.60 bits per heavy atom. The number of hydrogen-bond acceptors (Lipinski definition) is 1. The number of aryl methyl sites for hydroxylation is 2. The molecule has 0 saturated heterocycles. The van der Waals surface area contributed by atoms with E-state index in [1.165, 1.54) is 27.6 Å². The van der Waals surface area contributed by atoms with Crippen LogP contribution in [-0.4, -0.2) is 11.0 Å². The number of nitrogens with one attached hydrogen (secondary N) is 1. The summed E-state index contributed by atoms with van der Waals surface area (Å²) in [6.07, 6.45) is 3.03. The van der Waals surface area contributed by atoms with E-state index in [0.717, 1.165) is 6.42 Å². The number of benzene rings is 1. The van der Waals surface area contributed by atoms with Crippen molar-refractivity contribution in [2.24, 2.45) is 5.73 Å². The lowest BCUT2D eigenvalue weighted by atomic mass is 10.0. The van der Waals surface area contributed by atoms with Crippen molar-refractivity contribution >= 4 is 10.9 Å². The molecular weight excluding hydrogens is 184 g/mol. The van der Waals surface area contributed by atoms with Crippen LogP contribution in [0.3, 0.4) is 0 Å². The molecule has 0 spiro atoms. The summed E-state index contributed by atoms with van der Waals surface area (Å²) < 4.78 is 0. The van der Waals surface area contributed by atoms with Gasteiger partial charge in [-0.1, -0.05) is 12.1 Å². The van der Waals surface area contributed by atoms with Crippen LogP contribution in [0.1, 0.15) is 23.6 Å². The van der Waals surface area contributed by atoms with Gasteiger partial charge < -0.3 is 10.7 Å². The van der Waals surface area contributed by atoms with Gasteiger partial charge in [-0.2, -0.15) is 0 Å². The highest BCUT2D eigenvalue weighted by molar-refractivity contribution is 5.89. The minimum Gasteiger partial charge on any atom is -0.361 e. The highest BCUT2D eigenvalue weighted by Gasteiger charge is 2.09. The van der Waals surface area contributed by atoms with Gasteiger partial charge in [0.2, 0.25) is 0 Å². The molecule has 0 saturated carbocycles. The van der Waals surface area contributed by atoms with Crippen molar-refractivity contribution in [3.8, 4) is 0 Å². The van der Waals surface area contributed by atoms with Crippen molar-refractivity contribution in [1.29, 1.82) is 0 Å². The highest BCUT2D eigenvalue weighted by atomic mass is 14.7. The molecule has 0 radical (unpaired) electrons. The smallest absolute Gasteiger partial charge is 0.0489 e. The zero-order valence-electron chi connectivity index (χ0n) is 9.59. The molecule has 1 atom stereocenters. The average Bonchev–Trinajstić information content (AvgIpc) is 2.56. The fraction of sp³-hybridized carbons (Fsp3) is 0.385. The molecule has 1 unspecified atom stereocenters. The molecule has 1 aromatic heterocycles. The molecule has 15 heavy (non-hydrogen) atoms. The summed E-state index contributed by atoms with van der Waals surface area (Å²) in [6, 6.07) is 4.55. The van der Waals surface area contributed by atoms with E-state index in [0.29, 0.717) is 0 Å². The quantitative estimate of drug-likeness (QED) is 0.772. The van der Waals surface area contributed by atoms with Gasteiger partial charge in [-0.25, -0.2) is 0 Å². The normalized spacial score (nSPS) is 13.3. The van der Waals surface area contributed by atoms with Gasteiger partial charge in [-0.05, 0) is 43.9 Å². The molecule has 2 heteroatoms. The summed E-state index contributed by atoms with van der Waals surface area (Å²) in [5.41, 5.74) is 11.1. The largest absolute Gasteiger partial charge is 0.361 e. The summed E-state index contributed by atoms with van der Waals surface area (Å²) in [5, 5.41) is 1.35. The van der Waals surface area contributed by atoms with E-state index < -0.39 is 0 Å². The maximum absolute atomic E-state index is 5.85. The zero-order chi connectivity index (χ0) is 11.0.